The third-order valence-corrected chi connectivity index (χ3v) is 21.1. The molecule has 504 valence electrons. The smallest absolute Gasteiger partial charge is 0.00266 e. The van der Waals surface area contributed by atoms with E-state index in [1.54, 1.807) is 0 Å². The van der Waals surface area contributed by atoms with Crippen LogP contribution in [0, 0.1) is 62.3 Å². The second-order valence-corrected chi connectivity index (χ2v) is 29.1. The SMILES string of the molecule is Cc1cc(C)cc(-c2c3ccc(-c4ccccc4C)cc3cc3cc(-c4ccccc4C)ccc23)c1.Cc1cccc(-c2ccc3c(-c4cccc(C)c4)c4ccc(-c5cccc(C)c5)cc4cc3c2)c1.Cc1cccc(-c2ccc3c(-c4ccccc4)c4ccc(-c5cccc(C)c5)cc4cc3c2)c1. The van der Waals surface area contributed by atoms with Crippen LogP contribution in [0.1, 0.15) is 50.1 Å². The molecule has 0 saturated carbocycles. The largest absolute Gasteiger partial charge is 0.0622 e. The van der Waals surface area contributed by atoms with E-state index in [9.17, 15) is 0 Å². The molecule has 0 N–H and O–H groups in total. The first-order valence-electron chi connectivity index (χ1n) is 36.8. The maximum Gasteiger partial charge on any atom is -0.00266 e. The fourth-order valence-electron chi connectivity index (χ4n) is 16.0. The van der Waals surface area contributed by atoms with Crippen molar-refractivity contribution in [3.05, 3.63) is 396 Å². The maximum atomic E-state index is 2.38. The fraction of sp³-hybridized carbons (Fsp3) is 0.0857. The summed E-state index contributed by atoms with van der Waals surface area (Å²) in [5.41, 5.74) is 34.5. The van der Waals surface area contributed by atoms with Crippen LogP contribution in [0.2, 0.25) is 0 Å². The zero-order valence-corrected chi connectivity index (χ0v) is 61.4. The van der Waals surface area contributed by atoms with E-state index < -0.39 is 0 Å². The Hall–Kier alpha value is -12.5. The predicted octanol–water partition coefficient (Wildman–Crippen LogP) is 29.8. The lowest BCUT2D eigenvalue weighted by Gasteiger charge is -2.16. The number of aryl methyl sites for hydroxylation is 9. The molecule has 18 aromatic rings. The third-order valence-electron chi connectivity index (χ3n) is 21.1. The highest BCUT2D eigenvalue weighted by Crippen LogP contribution is 2.45. The molecule has 105 heavy (non-hydrogen) atoms. The van der Waals surface area contributed by atoms with Crippen LogP contribution in [-0.4, -0.2) is 0 Å². The molecule has 0 aromatic heterocycles. The lowest BCUT2D eigenvalue weighted by molar-refractivity contribution is 1.39. The molecule has 0 radical (unpaired) electrons. The van der Waals surface area contributed by atoms with Gasteiger partial charge in [0.05, 0.1) is 0 Å². The minimum atomic E-state index is 1.25. The molecule has 0 aliphatic carbocycles. The quantitative estimate of drug-likeness (QED) is 0.126. The lowest BCUT2D eigenvalue weighted by atomic mass is 9.87. The van der Waals surface area contributed by atoms with E-state index in [0.29, 0.717) is 0 Å². The first-order chi connectivity index (χ1) is 51.2. The number of hydrogen-bond acceptors (Lipinski definition) is 0. The van der Waals surface area contributed by atoms with Crippen molar-refractivity contribution in [2.24, 2.45) is 0 Å². The highest BCUT2D eigenvalue weighted by molar-refractivity contribution is 6.17. The number of rotatable bonds is 9. The molecule has 18 aromatic carbocycles. The van der Waals surface area contributed by atoms with Gasteiger partial charge >= 0.3 is 0 Å². The number of fused-ring (bicyclic) bond motifs is 6. The summed E-state index contributed by atoms with van der Waals surface area (Å²) in [6.45, 7) is 19.5. The average Bonchev–Trinajstić information content (AvgIpc) is 0.756. The van der Waals surface area contributed by atoms with Crippen LogP contribution in [0.15, 0.2) is 346 Å². The Morgan fingerprint density at radius 1 is 0.133 bits per heavy atom. The van der Waals surface area contributed by atoms with Crippen LogP contribution in [0.5, 0.6) is 0 Å². The van der Waals surface area contributed by atoms with E-state index in [4.69, 9.17) is 0 Å². The normalized spacial score (nSPS) is 11.3. The summed E-state index contributed by atoms with van der Waals surface area (Å²) in [5, 5.41) is 15.4. The second-order valence-electron chi connectivity index (χ2n) is 29.1. The van der Waals surface area contributed by atoms with Gasteiger partial charge in [-0.1, -0.05) is 330 Å². The van der Waals surface area contributed by atoms with Gasteiger partial charge in [-0.2, -0.15) is 0 Å². The van der Waals surface area contributed by atoms with Gasteiger partial charge in [-0.3, -0.25) is 0 Å². The zero-order chi connectivity index (χ0) is 71.8. The minimum Gasteiger partial charge on any atom is -0.0622 e. The van der Waals surface area contributed by atoms with Gasteiger partial charge in [0, 0.05) is 0 Å². The molecule has 0 spiro atoms. The summed E-state index contributed by atoms with van der Waals surface area (Å²) < 4.78 is 0. The van der Waals surface area contributed by atoms with Gasteiger partial charge in [-0.15, -0.1) is 0 Å². The lowest BCUT2D eigenvalue weighted by Crippen LogP contribution is -1.90. The van der Waals surface area contributed by atoms with Crippen LogP contribution in [0.4, 0.5) is 0 Å². The number of hydrogen-bond donors (Lipinski definition) is 0. The molecule has 0 nitrogen and oxygen atoms in total. The van der Waals surface area contributed by atoms with Crippen molar-refractivity contribution < 1.29 is 0 Å². The van der Waals surface area contributed by atoms with E-state index in [1.165, 1.54) is 215 Å². The summed E-state index contributed by atoms with van der Waals surface area (Å²) >= 11 is 0. The van der Waals surface area contributed by atoms with Crippen LogP contribution < -0.4 is 0 Å². The molecule has 0 unspecified atom stereocenters. The van der Waals surface area contributed by atoms with Gasteiger partial charge in [0.1, 0.15) is 0 Å². The molecule has 0 atom stereocenters. The standard InChI is InChI=1S/C36H30.C35H28.C34H26/c1-23-17-24(2)19-31(18-23)36-34-15-13-27(32-11-7-5-9-25(32)3)20-29(34)22-30-21-28(14-16-35(30)36)33-12-8-6-10-26(33)4;1-23-7-4-10-26(17-23)28-13-15-33-31(20-28)22-32-21-29(27-11-5-8-24(2)18-27)14-16-34(32)35(33)30-12-6-9-25(3)19-30;1-23-8-6-12-26(18-23)28-14-16-32-30(20-28)22-31-21-29(27-13-7-9-24(2)19-27)15-17-33(31)34(32)25-10-4-3-5-11-25/h5-22H,1-4H3;4-22H,1-3H3;3-22H,1-2H3. The molecule has 0 aliphatic heterocycles. The Labute approximate surface area is 618 Å². The molecule has 0 fully saturated rings. The van der Waals surface area contributed by atoms with Gasteiger partial charge < -0.3 is 0 Å². The van der Waals surface area contributed by atoms with Gasteiger partial charge in [0.15, 0.2) is 0 Å². The van der Waals surface area contributed by atoms with Crippen molar-refractivity contribution in [3.8, 4) is 100 Å². The van der Waals surface area contributed by atoms with Gasteiger partial charge in [0.2, 0.25) is 0 Å². The first kappa shape index (κ1) is 67.0. The van der Waals surface area contributed by atoms with Crippen molar-refractivity contribution in [3.63, 3.8) is 0 Å². The number of benzene rings is 18. The van der Waals surface area contributed by atoms with Crippen molar-refractivity contribution in [1.82, 2.24) is 0 Å². The van der Waals surface area contributed by atoms with Crippen molar-refractivity contribution in [1.29, 1.82) is 0 Å². The molecular weight excluding hydrogens is 1260 g/mol. The molecule has 0 bridgehead atoms. The summed E-state index contributed by atoms with van der Waals surface area (Å²) in [6, 6.07) is 128. The Kier molecular flexibility index (Phi) is 18.4. The molecule has 0 aliphatic rings. The average molecular weight is 1350 g/mol. The molecule has 0 saturated heterocycles. The fourth-order valence-corrected chi connectivity index (χ4v) is 16.0. The first-order valence-corrected chi connectivity index (χ1v) is 36.8. The summed E-state index contributed by atoms with van der Waals surface area (Å²) in [6.07, 6.45) is 0. The summed E-state index contributed by atoms with van der Waals surface area (Å²) in [4.78, 5) is 0. The predicted molar refractivity (Wildman–Crippen MR) is 456 cm³/mol. The van der Waals surface area contributed by atoms with Crippen LogP contribution in [-0.2, 0) is 0 Å². The molecular formula is C105H84. The van der Waals surface area contributed by atoms with E-state index >= 15 is 0 Å². The van der Waals surface area contributed by atoms with E-state index in [0.717, 1.165) is 0 Å². The minimum absolute atomic E-state index is 1.25. The molecule has 0 amide bonds. The van der Waals surface area contributed by atoms with Gasteiger partial charge in [0.25, 0.3) is 0 Å². The van der Waals surface area contributed by atoms with Crippen molar-refractivity contribution >= 4 is 64.6 Å². The molecule has 18 rings (SSSR count). The van der Waals surface area contributed by atoms with Crippen LogP contribution in [0.3, 0.4) is 0 Å². The highest BCUT2D eigenvalue weighted by atomic mass is 14.2. The maximum absolute atomic E-state index is 2.38. The Bertz CT molecular complexity index is 6040. The van der Waals surface area contributed by atoms with Crippen molar-refractivity contribution in [2.75, 3.05) is 0 Å². The van der Waals surface area contributed by atoms with Crippen LogP contribution >= 0.6 is 0 Å². The Morgan fingerprint density at radius 3 is 0.695 bits per heavy atom. The third kappa shape index (κ3) is 13.9. The van der Waals surface area contributed by atoms with Gasteiger partial charge in [-0.25, -0.2) is 0 Å². The zero-order valence-electron chi connectivity index (χ0n) is 61.4. The Balaban J connectivity index is 0.000000121. The summed E-state index contributed by atoms with van der Waals surface area (Å²) in [7, 11) is 0. The Morgan fingerprint density at radius 2 is 0.371 bits per heavy atom. The van der Waals surface area contributed by atoms with Crippen molar-refractivity contribution in [2.45, 2.75) is 62.3 Å². The monoisotopic (exact) mass is 1340 g/mol. The topological polar surface area (TPSA) is 0 Å². The second kappa shape index (κ2) is 28.7. The van der Waals surface area contributed by atoms with E-state index in [2.05, 4.69) is 408 Å². The molecule has 0 heteroatoms. The van der Waals surface area contributed by atoms with Crippen LogP contribution in [0.25, 0.3) is 165 Å². The highest BCUT2D eigenvalue weighted by Gasteiger charge is 2.18. The molecule has 0 heterocycles. The van der Waals surface area contributed by atoms with Gasteiger partial charge in [-0.05, 0) is 293 Å². The van der Waals surface area contributed by atoms with E-state index in [-0.39, 0.29) is 0 Å². The van der Waals surface area contributed by atoms with E-state index in [1.807, 2.05) is 0 Å². The summed E-state index contributed by atoms with van der Waals surface area (Å²) in [5.74, 6) is 0.